The van der Waals surface area contributed by atoms with Crippen LogP contribution in [0.4, 0.5) is 0 Å². The summed E-state index contributed by atoms with van der Waals surface area (Å²) in [5.41, 5.74) is 1.96. The fourth-order valence-electron chi connectivity index (χ4n) is 2.25. The van der Waals surface area contributed by atoms with Crippen molar-refractivity contribution in [1.29, 1.82) is 0 Å². The van der Waals surface area contributed by atoms with E-state index in [1.807, 2.05) is 43.5 Å². The van der Waals surface area contributed by atoms with Crippen molar-refractivity contribution >= 4 is 29.1 Å². The summed E-state index contributed by atoms with van der Waals surface area (Å²) in [6, 6.07) is 9.64. The normalized spacial score (nSPS) is 20.8. The largest absolute Gasteiger partial charge is 0.349 e. The maximum atomic E-state index is 12.0. The Morgan fingerprint density at radius 1 is 1.48 bits per heavy atom. The highest BCUT2D eigenvalue weighted by Gasteiger charge is 2.56. The van der Waals surface area contributed by atoms with Gasteiger partial charge in [-0.15, -0.1) is 23.2 Å². The number of rotatable bonds is 4. The maximum Gasteiger partial charge on any atom is 0.226 e. The predicted molar refractivity (Wildman–Crippen MR) is 82.7 cm³/mol. The average Bonchev–Trinajstić information content (AvgIpc) is 2.90. The van der Waals surface area contributed by atoms with Crippen molar-refractivity contribution in [3.63, 3.8) is 0 Å². The van der Waals surface area contributed by atoms with E-state index in [0.717, 1.165) is 11.3 Å². The molecule has 1 aliphatic rings. The molecule has 0 aliphatic heterocycles. The third-order valence-electron chi connectivity index (χ3n) is 3.64. The molecule has 1 fully saturated rings. The van der Waals surface area contributed by atoms with Crippen molar-refractivity contribution in [3.05, 3.63) is 48.3 Å². The van der Waals surface area contributed by atoms with E-state index in [1.54, 1.807) is 10.9 Å². The van der Waals surface area contributed by atoms with Crippen LogP contribution in [-0.4, -0.2) is 20.0 Å². The number of carbonyl (C=O) groups is 1. The molecule has 1 N–H and O–H groups in total. The lowest BCUT2D eigenvalue weighted by Crippen LogP contribution is -2.29. The minimum atomic E-state index is -0.888. The molecule has 1 aromatic carbocycles. The van der Waals surface area contributed by atoms with Crippen LogP contribution in [0, 0.1) is 5.92 Å². The molecule has 2 aromatic rings. The van der Waals surface area contributed by atoms with Gasteiger partial charge in [-0.1, -0.05) is 12.1 Å². The van der Waals surface area contributed by atoms with E-state index in [0.29, 0.717) is 6.42 Å². The van der Waals surface area contributed by atoms with E-state index in [1.165, 1.54) is 0 Å². The van der Waals surface area contributed by atoms with Crippen LogP contribution >= 0.6 is 23.2 Å². The summed E-state index contributed by atoms with van der Waals surface area (Å²) in [5, 5.41) is 7.15. The number of benzene rings is 1. The van der Waals surface area contributed by atoms with Gasteiger partial charge in [0.25, 0.3) is 0 Å². The van der Waals surface area contributed by atoms with Crippen LogP contribution in [0.5, 0.6) is 0 Å². The van der Waals surface area contributed by atoms with Gasteiger partial charge in [0.05, 0.1) is 17.6 Å². The van der Waals surface area contributed by atoms with Gasteiger partial charge >= 0.3 is 0 Å². The maximum absolute atomic E-state index is 12.0. The second-order valence-corrected chi connectivity index (χ2v) is 6.84. The summed E-state index contributed by atoms with van der Waals surface area (Å²) in [5.74, 6) is -0.408. The molecular formula is C15H15Cl2N3O. The highest BCUT2D eigenvalue weighted by molar-refractivity contribution is 6.52. The minimum Gasteiger partial charge on any atom is -0.349 e. The van der Waals surface area contributed by atoms with Gasteiger partial charge in [0.1, 0.15) is 4.33 Å². The molecule has 1 heterocycles. The molecular weight excluding hydrogens is 309 g/mol. The number of hydrogen-bond acceptors (Lipinski definition) is 2. The summed E-state index contributed by atoms with van der Waals surface area (Å²) in [7, 11) is 0. The van der Waals surface area contributed by atoms with Gasteiger partial charge < -0.3 is 5.32 Å². The number of hydrogen-bond donors (Lipinski definition) is 1. The Bertz CT molecular complexity index is 655. The van der Waals surface area contributed by atoms with E-state index in [9.17, 15) is 4.79 Å². The standard InChI is InChI=1S/C15H15Cl2N3O/c1-10(19-14(21)13-9-15(13,16)17)11-4-2-5-12(8-11)20-7-3-6-18-20/h2-8,10,13H,9H2,1H3,(H,19,21)/t10-,13+/m0/s1. The van der Waals surface area contributed by atoms with Crippen LogP contribution in [0.2, 0.25) is 0 Å². The number of amides is 1. The molecule has 110 valence electrons. The molecule has 3 rings (SSSR count). The molecule has 1 amide bonds. The minimum absolute atomic E-state index is 0.100. The first-order chi connectivity index (χ1) is 9.97. The van der Waals surface area contributed by atoms with E-state index < -0.39 is 4.33 Å². The smallest absolute Gasteiger partial charge is 0.226 e. The van der Waals surface area contributed by atoms with E-state index in [2.05, 4.69) is 10.4 Å². The van der Waals surface area contributed by atoms with Crippen molar-refractivity contribution in [2.24, 2.45) is 5.92 Å². The van der Waals surface area contributed by atoms with Crippen molar-refractivity contribution < 1.29 is 4.79 Å². The summed E-state index contributed by atoms with van der Waals surface area (Å²) >= 11 is 11.8. The molecule has 2 atom stereocenters. The topological polar surface area (TPSA) is 46.9 Å². The van der Waals surface area contributed by atoms with Crippen LogP contribution in [0.1, 0.15) is 24.9 Å². The van der Waals surface area contributed by atoms with Crippen LogP contribution in [-0.2, 0) is 4.79 Å². The fourth-order valence-corrected chi connectivity index (χ4v) is 2.76. The Hall–Kier alpha value is -1.52. The third kappa shape index (κ3) is 3.06. The summed E-state index contributed by atoms with van der Waals surface area (Å²) in [6.07, 6.45) is 4.12. The Morgan fingerprint density at radius 2 is 2.24 bits per heavy atom. The zero-order chi connectivity index (χ0) is 15.0. The monoisotopic (exact) mass is 323 g/mol. The highest BCUT2D eigenvalue weighted by Crippen LogP contribution is 2.53. The SMILES string of the molecule is C[C@H](NC(=O)[C@H]1CC1(Cl)Cl)c1cccc(-n2cccn2)c1. The molecule has 1 saturated carbocycles. The number of alkyl halides is 2. The first-order valence-electron chi connectivity index (χ1n) is 6.75. The van der Waals surface area contributed by atoms with Crippen LogP contribution in [0.3, 0.4) is 0 Å². The van der Waals surface area contributed by atoms with E-state index in [4.69, 9.17) is 23.2 Å². The van der Waals surface area contributed by atoms with Gasteiger partial charge in [-0.25, -0.2) is 4.68 Å². The Kier molecular flexibility index (Phi) is 3.68. The lowest BCUT2D eigenvalue weighted by molar-refractivity contribution is -0.123. The van der Waals surface area contributed by atoms with Crippen LogP contribution in [0.15, 0.2) is 42.7 Å². The van der Waals surface area contributed by atoms with Crippen molar-refractivity contribution in [2.75, 3.05) is 0 Å². The number of nitrogens with one attached hydrogen (secondary N) is 1. The molecule has 0 unspecified atom stereocenters. The van der Waals surface area contributed by atoms with E-state index in [-0.39, 0.29) is 17.9 Å². The van der Waals surface area contributed by atoms with Gasteiger partial charge in [-0.3, -0.25) is 4.79 Å². The Morgan fingerprint density at radius 3 is 2.86 bits per heavy atom. The highest BCUT2D eigenvalue weighted by atomic mass is 35.5. The Balaban J connectivity index is 1.72. The molecule has 1 aromatic heterocycles. The van der Waals surface area contributed by atoms with Gasteiger partial charge in [-0.2, -0.15) is 5.10 Å². The lowest BCUT2D eigenvalue weighted by Gasteiger charge is -2.15. The van der Waals surface area contributed by atoms with Gasteiger partial charge in [0.15, 0.2) is 0 Å². The molecule has 0 spiro atoms. The molecule has 4 nitrogen and oxygen atoms in total. The number of nitrogens with zero attached hydrogens (tertiary/aromatic N) is 2. The zero-order valence-electron chi connectivity index (χ0n) is 11.5. The van der Waals surface area contributed by atoms with Crippen LogP contribution < -0.4 is 5.32 Å². The second kappa shape index (κ2) is 5.35. The molecule has 0 radical (unpaired) electrons. The van der Waals surface area contributed by atoms with Crippen molar-refractivity contribution in [1.82, 2.24) is 15.1 Å². The second-order valence-electron chi connectivity index (χ2n) is 5.29. The first-order valence-corrected chi connectivity index (χ1v) is 7.51. The van der Waals surface area contributed by atoms with E-state index >= 15 is 0 Å². The lowest BCUT2D eigenvalue weighted by atomic mass is 10.1. The average molecular weight is 324 g/mol. The molecule has 21 heavy (non-hydrogen) atoms. The van der Waals surface area contributed by atoms with Crippen molar-refractivity contribution in [2.45, 2.75) is 23.7 Å². The molecule has 0 bridgehead atoms. The fraction of sp³-hybridized carbons (Fsp3) is 0.333. The predicted octanol–water partition coefficient (Wildman–Crippen LogP) is 3.24. The Labute approximate surface area is 133 Å². The first kappa shape index (κ1) is 14.4. The number of aromatic nitrogens is 2. The van der Waals surface area contributed by atoms with Gasteiger partial charge in [0, 0.05) is 12.4 Å². The quantitative estimate of drug-likeness (QED) is 0.878. The zero-order valence-corrected chi connectivity index (χ0v) is 13.0. The number of carbonyl (C=O) groups excluding carboxylic acids is 1. The van der Waals surface area contributed by atoms with Gasteiger partial charge in [-0.05, 0) is 37.1 Å². The summed E-state index contributed by atoms with van der Waals surface area (Å²) < 4.78 is 0.891. The molecule has 0 saturated heterocycles. The van der Waals surface area contributed by atoms with Gasteiger partial charge in [0.2, 0.25) is 5.91 Å². The number of halogens is 2. The van der Waals surface area contributed by atoms with Crippen molar-refractivity contribution in [3.8, 4) is 5.69 Å². The van der Waals surface area contributed by atoms with Crippen LogP contribution in [0.25, 0.3) is 5.69 Å². The third-order valence-corrected chi connectivity index (χ3v) is 4.48. The molecule has 1 aliphatic carbocycles. The summed E-state index contributed by atoms with van der Waals surface area (Å²) in [6.45, 7) is 1.94. The summed E-state index contributed by atoms with van der Waals surface area (Å²) in [4.78, 5) is 12.0. The molecule has 6 heteroatoms.